The predicted molar refractivity (Wildman–Crippen MR) is 163 cm³/mol. The molecule has 43 heavy (non-hydrogen) atoms. The Morgan fingerprint density at radius 2 is 1.40 bits per heavy atom. The molecule has 0 radical (unpaired) electrons. The zero-order chi connectivity index (χ0) is 30.8. The largest absolute Gasteiger partial charge is 0.489 e. The number of benzene rings is 3. The minimum absolute atomic E-state index is 0.0348. The fourth-order valence-electron chi connectivity index (χ4n) is 4.34. The van der Waals surface area contributed by atoms with Crippen molar-refractivity contribution in [1.82, 2.24) is 0 Å². The molecule has 7 nitrogen and oxygen atoms in total. The monoisotopic (exact) mass is 614 g/mol. The molecule has 2 atom stereocenters. The first-order valence-electron chi connectivity index (χ1n) is 13.0. The highest BCUT2D eigenvalue weighted by molar-refractivity contribution is 6.32. The molecule has 216 valence electrons. The van der Waals surface area contributed by atoms with Gasteiger partial charge in [-0.3, -0.25) is 14.4 Å². The average molecular weight is 615 g/mol. The van der Waals surface area contributed by atoms with Crippen LogP contribution in [0.3, 0.4) is 0 Å². The van der Waals surface area contributed by atoms with Crippen molar-refractivity contribution in [3.8, 4) is 35.2 Å². The third kappa shape index (κ3) is 8.53. The van der Waals surface area contributed by atoms with Crippen molar-refractivity contribution in [3.63, 3.8) is 0 Å². The first kappa shape index (κ1) is 31.0. The summed E-state index contributed by atoms with van der Waals surface area (Å²) in [6.07, 6.45) is 5.80. The molecule has 4 heterocycles. The molecule has 7 rings (SSSR count). The molecule has 0 amide bonds. The van der Waals surface area contributed by atoms with Gasteiger partial charge in [0.1, 0.15) is 31.1 Å². The van der Waals surface area contributed by atoms with Gasteiger partial charge in [-0.2, -0.15) is 0 Å². The molecule has 2 unspecified atom stereocenters. The van der Waals surface area contributed by atoms with Gasteiger partial charge in [-0.15, -0.1) is 0 Å². The number of carbonyl (C=O) groups is 3. The summed E-state index contributed by atoms with van der Waals surface area (Å²) in [5, 5.41) is 19.7. The zero-order valence-corrected chi connectivity index (χ0v) is 24.1. The first-order chi connectivity index (χ1) is 20.7. The maximum absolute atomic E-state index is 13.2. The number of Topliss-reactive ketones (excluding diaryl/α,β-unsaturated/α-hetero) is 1. The van der Waals surface area contributed by atoms with Crippen LogP contribution in [0.2, 0.25) is 10.0 Å². The summed E-state index contributed by atoms with van der Waals surface area (Å²) < 4.78 is 11.4. The molecule has 4 aliphatic rings. The number of hydrogen-bond donors (Lipinski definition) is 2. The lowest BCUT2D eigenvalue weighted by molar-refractivity contribution is -0.145. The zero-order valence-electron chi connectivity index (χ0n) is 22.6. The summed E-state index contributed by atoms with van der Waals surface area (Å²) in [5.74, 6) is 6.04. The second-order valence-corrected chi connectivity index (χ2v) is 10.1. The van der Waals surface area contributed by atoms with E-state index in [0.717, 1.165) is 11.1 Å². The Morgan fingerprint density at radius 3 is 1.95 bits per heavy atom. The van der Waals surface area contributed by atoms with E-state index in [9.17, 15) is 24.6 Å². The third-order valence-corrected chi connectivity index (χ3v) is 6.92. The van der Waals surface area contributed by atoms with Gasteiger partial charge in [0.25, 0.3) is 0 Å². The Kier molecular flexibility index (Phi) is 10.7. The summed E-state index contributed by atoms with van der Waals surface area (Å²) in [4.78, 5) is 37.2. The van der Waals surface area contributed by atoms with Crippen molar-refractivity contribution in [3.05, 3.63) is 117 Å². The van der Waals surface area contributed by atoms with Gasteiger partial charge in [0.2, 0.25) is 0 Å². The van der Waals surface area contributed by atoms with Gasteiger partial charge in [0.15, 0.2) is 5.78 Å². The number of fused-ring (bicyclic) bond motifs is 3. The van der Waals surface area contributed by atoms with Crippen LogP contribution in [0.4, 0.5) is 0 Å². The number of carbonyl (C=O) groups excluding carboxylic acids is 1. The lowest BCUT2D eigenvalue weighted by Crippen LogP contribution is -2.28. The van der Waals surface area contributed by atoms with Crippen LogP contribution in [0.15, 0.2) is 85.0 Å². The van der Waals surface area contributed by atoms with E-state index in [2.05, 4.69) is 23.7 Å². The number of halogens is 2. The van der Waals surface area contributed by atoms with Crippen LogP contribution in [0, 0.1) is 23.7 Å². The number of carboxylic acids is 2. The number of allylic oxidation sites excluding steroid dienone is 2. The fraction of sp³-hybridized carbons (Fsp3) is 0.147. The highest BCUT2D eigenvalue weighted by Gasteiger charge is 2.38. The molecule has 9 heteroatoms. The van der Waals surface area contributed by atoms with Gasteiger partial charge >= 0.3 is 11.9 Å². The Labute approximate surface area is 258 Å². The SMILES string of the molecule is O=C(O)CC(=O)C1c2ccc(c(Cl)c2)OC/C=C/C#Cc2ccc(cc2)C#C/C=C\COc2ccc(c(Cl)c2)C1C(=O)O. The summed E-state index contributed by atoms with van der Waals surface area (Å²) in [6, 6.07) is 16.3. The van der Waals surface area contributed by atoms with E-state index in [1.807, 2.05) is 24.3 Å². The normalized spacial score (nSPS) is 17.7. The van der Waals surface area contributed by atoms with Crippen LogP contribution in [-0.4, -0.2) is 41.1 Å². The quantitative estimate of drug-likeness (QED) is 0.263. The lowest BCUT2D eigenvalue weighted by atomic mass is 9.78. The van der Waals surface area contributed by atoms with Crippen molar-refractivity contribution >= 4 is 40.9 Å². The first-order valence-corrected chi connectivity index (χ1v) is 13.7. The second-order valence-electron chi connectivity index (χ2n) is 9.25. The van der Waals surface area contributed by atoms with Crippen LogP contribution < -0.4 is 9.47 Å². The topological polar surface area (TPSA) is 110 Å². The van der Waals surface area contributed by atoms with Gasteiger partial charge in [-0.05, 0) is 84.0 Å². The molecular weight excluding hydrogens is 591 g/mol. The molecule has 0 aromatic heterocycles. The Bertz CT molecular complexity index is 1720. The summed E-state index contributed by atoms with van der Waals surface area (Å²) >= 11 is 13.0. The Hall–Kier alpha value is -4.95. The molecular formula is C34H24Cl2O7. The highest BCUT2D eigenvalue weighted by atomic mass is 35.5. The molecule has 0 spiro atoms. The highest BCUT2D eigenvalue weighted by Crippen LogP contribution is 2.41. The van der Waals surface area contributed by atoms with Gasteiger partial charge in [-0.1, -0.05) is 59.0 Å². The molecule has 4 aliphatic heterocycles. The predicted octanol–water partition coefficient (Wildman–Crippen LogP) is 6.28. The molecule has 0 saturated heterocycles. The molecule has 3 aromatic carbocycles. The van der Waals surface area contributed by atoms with Crippen LogP contribution in [-0.2, 0) is 14.4 Å². The second kappa shape index (κ2) is 14.8. The Balaban J connectivity index is 1.74. The molecule has 2 N–H and O–H groups in total. The Morgan fingerprint density at radius 1 is 0.767 bits per heavy atom. The summed E-state index contributed by atoms with van der Waals surface area (Å²) in [6.45, 7) is 0.306. The molecule has 0 aliphatic carbocycles. The van der Waals surface area contributed by atoms with Gasteiger partial charge in [0.05, 0.1) is 16.9 Å². The smallest absolute Gasteiger partial charge is 0.312 e. The molecule has 0 fully saturated rings. The third-order valence-electron chi connectivity index (χ3n) is 6.30. The van der Waals surface area contributed by atoms with E-state index in [4.69, 9.17) is 32.7 Å². The van der Waals surface area contributed by atoms with Gasteiger partial charge < -0.3 is 19.7 Å². The van der Waals surface area contributed by atoms with Crippen LogP contribution in [0.1, 0.15) is 40.5 Å². The summed E-state index contributed by atoms with van der Waals surface area (Å²) in [7, 11) is 0. The van der Waals surface area contributed by atoms with Crippen molar-refractivity contribution in [2.45, 2.75) is 18.3 Å². The average Bonchev–Trinajstić information content (AvgIpc) is 2.96. The van der Waals surface area contributed by atoms with Crippen LogP contribution in [0.5, 0.6) is 11.5 Å². The van der Waals surface area contributed by atoms with Crippen molar-refractivity contribution in [2.75, 3.05) is 13.2 Å². The number of aliphatic carboxylic acids is 2. The van der Waals surface area contributed by atoms with E-state index < -0.39 is 36.0 Å². The van der Waals surface area contributed by atoms with E-state index in [-0.39, 0.29) is 40.1 Å². The minimum atomic E-state index is -1.51. The lowest BCUT2D eigenvalue weighted by Gasteiger charge is -2.25. The number of ether oxygens (including phenoxy) is 2. The fourth-order valence-corrected chi connectivity index (χ4v) is 4.87. The van der Waals surface area contributed by atoms with Gasteiger partial charge in [0, 0.05) is 16.1 Å². The molecule has 6 bridgehead atoms. The number of hydrogen-bond acceptors (Lipinski definition) is 5. The standard InChI is InChI=1S/C34H24Cl2O7/c35-27-20-25-14-15-26(27)33(34(40)41)32(29(37)21-31(38)39)24-13-16-30(28(36)19-24)43-18-6-2-4-8-23-11-9-22(10-12-23)7-3-1-5-17-42-25/h1-2,5-6,9-16,19-20,32-33H,17-18,21H2,(H,38,39)(H,40,41)/b5-1-,6-2+. The van der Waals surface area contributed by atoms with Crippen molar-refractivity contribution < 1.29 is 34.1 Å². The molecule has 3 aromatic rings. The maximum atomic E-state index is 13.2. The van der Waals surface area contributed by atoms with Crippen molar-refractivity contribution in [1.29, 1.82) is 0 Å². The van der Waals surface area contributed by atoms with E-state index >= 15 is 0 Å². The number of rotatable bonds is 4. The minimum Gasteiger partial charge on any atom is -0.489 e. The number of ketones is 1. The van der Waals surface area contributed by atoms with E-state index in [0.29, 0.717) is 5.75 Å². The van der Waals surface area contributed by atoms with Crippen LogP contribution >= 0.6 is 23.2 Å². The van der Waals surface area contributed by atoms with E-state index in [1.165, 1.54) is 36.4 Å². The molecule has 0 saturated carbocycles. The van der Waals surface area contributed by atoms with Crippen molar-refractivity contribution in [2.24, 2.45) is 0 Å². The summed E-state index contributed by atoms with van der Waals surface area (Å²) in [5.41, 5.74) is 1.95. The van der Waals surface area contributed by atoms with Gasteiger partial charge in [-0.25, -0.2) is 0 Å². The number of carboxylic acid groups (broad SMARTS) is 2. The van der Waals surface area contributed by atoms with E-state index in [1.54, 1.807) is 24.3 Å². The maximum Gasteiger partial charge on any atom is 0.312 e. The van der Waals surface area contributed by atoms with Crippen LogP contribution in [0.25, 0.3) is 0 Å².